The Balaban J connectivity index is 2.25. The number of carbonyl (C=O) groups excluding carboxylic acids is 3. The van der Waals surface area contributed by atoms with Crippen molar-refractivity contribution < 1.29 is 46.8 Å². The SMILES string of the molecule is CCOC(=O)[C@@]12O[N+]([O-])=C(C(=O)OC)[C@@H]1c1ccc(C(F)(F)F)cc1C2=O. The number of halogens is 3. The van der Waals surface area contributed by atoms with Crippen molar-refractivity contribution in [2.24, 2.45) is 0 Å². The standard InChI is InChI=1S/C16H12F3NO7/c1-3-26-14(23)15-10(11(13(22)25-2)20(24)27-15)8-5-4-7(16(17,18)19)6-9(8)12(15)21/h4-6,10H,3H2,1-2H3/t10-,15+/m0/s1. The number of ketones is 1. The minimum atomic E-state index is -4.75. The molecule has 144 valence electrons. The van der Waals surface area contributed by atoms with Gasteiger partial charge in [-0.2, -0.15) is 13.2 Å². The van der Waals surface area contributed by atoms with Gasteiger partial charge < -0.3 is 14.3 Å². The molecule has 27 heavy (non-hydrogen) atoms. The van der Waals surface area contributed by atoms with Gasteiger partial charge in [-0.05, 0) is 24.6 Å². The summed E-state index contributed by atoms with van der Waals surface area (Å²) in [6, 6.07) is 2.15. The van der Waals surface area contributed by atoms with Crippen LogP contribution >= 0.6 is 0 Å². The lowest BCUT2D eigenvalue weighted by Gasteiger charge is -2.24. The summed E-state index contributed by atoms with van der Waals surface area (Å²) in [6.07, 6.45) is -4.75. The van der Waals surface area contributed by atoms with Crippen molar-refractivity contribution >= 4 is 23.4 Å². The van der Waals surface area contributed by atoms with E-state index in [0.29, 0.717) is 12.1 Å². The van der Waals surface area contributed by atoms with E-state index >= 15 is 0 Å². The van der Waals surface area contributed by atoms with E-state index in [1.54, 1.807) is 0 Å². The monoisotopic (exact) mass is 387 g/mol. The number of rotatable bonds is 3. The van der Waals surface area contributed by atoms with E-state index in [-0.39, 0.29) is 17.1 Å². The fourth-order valence-electron chi connectivity index (χ4n) is 3.23. The third kappa shape index (κ3) is 2.45. The highest BCUT2D eigenvalue weighted by atomic mass is 19.4. The lowest BCUT2D eigenvalue weighted by Crippen LogP contribution is -2.50. The predicted octanol–water partition coefficient (Wildman–Crippen LogP) is 1.36. The van der Waals surface area contributed by atoms with Crippen molar-refractivity contribution in [1.29, 1.82) is 0 Å². The largest absolute Gasteiger partial charge is 0.464 e. The van der Waals surface area contributed by atoms with E-state index in [1.807, 2.05) is 0 Å². The highest BCUT2D eigenvalue weighted by molar-refractivity contribution is 6.41. The number of alkyl halides is 3. The molecule has 3 rings (SSSR count). The van der Waals surface area contributed by atoms with E-state index in [2.05, 4.69) is 4.74 Å². The number of fused-ring (bicyclic) bond motifs is 3. The molecule has 1 aliphatic carbocycles. The predicted molar refractivity (Wildman–Crippen MR) is 79.6 cm³/mol. The van der Waals surface area contributed by atoms with Gasteiger partial charge in [0.05, 0.1) is 24.2 Å². The number of esters is 2. The van der Waals surface area contributed by atoms with Gasteiger partial charge in [0.15, 0.2) is 5.78 Å². The van der Waals surface area contributed by atoms with Gasteiger partial charge in [-0.1, -0.05) is 6.07 Å². The molecule has 1 heterocycles. The van der Waals surface area contributed by atoms with E-state index in [9.17, 15) is 32.8 Å². The van der Waals surface area contributed by atoms with Crippen LogP contribution in [0.4, 0.5) is 13.2 Å². The van der Waals surface area contributed by atoms with Crippen molar-refractivity contribution in [2.45, 2.75) is 24.6 Å². The first kappa shape index (κ1) is 18.7. The lowest BCUT2D eigenvalue weighted by molar-refractivity contribution is -0.743. The second-order valence-electron chi connectivity index (χ2n) is 5.74. The van der Waals surface area contributed by atoms with Gasteiger partial charge in [-0.25, -0.2) is 9.59 Å². The molecule has 0 N–H and O–H groups in total. The first-order valence-electron chi connectivity index (χ1n) is 7.64. The molecule has 0 aromatic heterocycles. The van der Waals surface area contributed by atoms with Crippen LogP contribution < -0.4 is 0 Å². The molecule has 0 amide bonds. The molecular formula is C16H12F3NO7. The first-order valence-corrected chi connectivity index (χ1v) is 7.64. The summed E-state index contributed by atoms with van der Waals surface area (Å²) in [6.45, 7) is 1.23. The Morgan fingerprint density at radius 1 is 1.37 bits per heavy atom. The molecule has 0 unspecified atom stereocenters. The van der Waals surface area contributed by atoms with E-state index in [0.717, 1.165) is 13.2 Å². The highest BCUT2D eigenvalue weighted by Gasteiger charge is 2.70. The topological polar surface area (TPSA) is 105 Å². The van der Waals surface area contributed by atoms with E-state index < -0.39 is 52.3 Å². The number of nitrogens with zero attached hydrogens (tertiary/aromatic N) is 1. The number of methoxy groups -OCH3 is 1. The molecule has 0 spiro atoms. The maximum atomic E-state index is 13.0. The van der Waals surface area contributed by atoms with Gasteiger partial charge in [0.25, 0.3) is 5.60 Å². The molecule has 0 radical (unpaired) electrons. The third-order valence-corrected chi connectivity index (χ3v) is 4.35. The number of hydrogen-bond donors (Lipinski definition) is 0. The van der Waals surface area contributed by atoms with Crippen molar-refractivity contribution in [3.8, 4) is 0 Å². The van der Waals surface area contributed by atoms with Crippen molar-refractivity contribution in [3.05, 3.63) is 40.1 Å². The van der Waals surface area contributed by atoms with E-state index in [4.69, 9.17) is 9.57 Å². The molecule has 2 aliphatic rings. The van der Waals surface area contributed by atoms with Gasteiger partial charge in [0.1, 0.15) is 5.92 Å². The smallest absolute Gasteiger partial charge is 0.416 e. The first-order chi connectivity index (χ1) is 12.6. The minimum absolute atomic E-state index is 0.139. The zero-order valence-electron chi connectivity index (χ0n) is 14.0. The Labute approximate surface area is 149 Å². The molecule has 0 saturated heterocycles. The fraction of sp³-hybridized carbons (Fsp3) is 0.375. The normalized spacial score (nSPS) is 23.6. The Morgan fingerprint density at radius 2 is 2.04 bits per heavy atom. The summed E-state index contributed by atoms with van der Waals surface area (Å²) >= 11 is 0. The fourth-order valence-corrected chi connectivity index (χ4v) is 3.23. The highest BCUT2D eigenvalue weighted by Crippen LogP contribution is 2.49. The maximum Gasteiger partial charge on any atom is 0.416 e. The van der Waals surface area contributed by atoms with Crippen LogP contribution in [0.3, 0.4) is 0 Å². The summed E-state index contributed by atoms with van der Waals surface area (Å²) in [5.74, 6) is -5.27. The summed E-state index contributed by atoms with van der Waals surface area (Å²) in [5, 5.41) is 12.1. The Kier molecular flexibility index (Phi) is 4.12. The van der Waals surface area contributed by atoms with Crippen LogP contribution in [0, 0.1) is 5.21 Å². The summed E-state index contributed by atoms with van der Waals surface area (Å²) in [7, 11) is 0.956. The summed E-state index contributed by atoms with van der Waals surface area (Å²) < 4.78 is 48.3. The number of benzene rings is 1. The van der Waals surface area contributed by atoms with Gasteiger partial charge in [0.2, 0.25) is 0 Å². The number of Topliss-reactive ketones (excluding diaryl/α,β-unsaturated/α-hetero) is 1. The Hall–Kier alpha value is -3.11. The van der Waals surface area contributed by atoms with Crippen LogP contribution in [-0.4, -0.2) is 47.7 Å². The zero-order chi connectivity index (χ0) is 20.1. The van der Waals surface area contributed by atoms with E-state index in [1.165, 1.54) is 6.92 Å². The molecule has 0 fully saturated rings. The molecule has 0 bridgehead atoms. The minimum Gasteiger partial charge on any atom is -0.464 e. The maximum absolute atomic E-state index is 13.0. The van der Waals surface area contributed by atoms with Crippen LogP contribution in [0.5, 0.6) is 0 Å². The molecule has 0 saturated carbocycles. The molecule has 2 atom stereocenters. The number of hydrogen-bond acceptors (Lipinski definition) is 7. The van der Waals surface area contributed by atoms with Crippen molar-refractivity contribution in [3.63, 3.8) is 0 Å². The van der Waals surface area contributed by atoms with Crippen molar-refractivity contribution in [2.75, 3.05) is 13.7 Å². The average Bonchev–Trinajstić information content (AvgIpc) is 3.04. The van der Waals surface area contributed by atoms with Gasteiger partial charge in [-0.3, -0.25) is 10.0 Å². The second-order valence-corrected chi connectivity index (χ2v) is 5.74. The average molecular weight is 387 g/mol. The Morgan fingerprint density at radius 3 is 2.59 bits per heavy atom. The van der Waals surface area contributed by atoms with Crippen LogP contribution in [0.2, 0.25) is 0 Å². The second kappa shape index (κ2) is 5.96. The number of ether oxygens (including phenoxy) is 2. The zero-order valence-corrected chi connectivity index (χ0v) is 14.0. The van der Waals surface area contributed by atoms with Crippen LogP contribution in [0.25, 0.3) is 0 Å². The quantitative estimate of drug-likeness (QED) is 0.438. The van der Waals surface area contributed by atoms with Gasteiger partial charge in [-0.15, -0.1) is 0 Å². The van der Waals surface area contributed by atoms with Gasteiger partial charge in [0, 0.05) is 5.56 Å². The van der Waals surface area contributed by atoms with Crippen LogP contribution in [0.1, 0.15) is 34.3 Å². The summed E-state index contributed by atoms with van der Waals surface area (Å²) in [5.41, 5.74) is -5.12. The molecule has 8 nitrogen and oxygen atoms in total. The molecule has 1 aromatic rings. The molecule has 1 aliphatic heterocycles. The Bertz CT molecular complexity index is 892. The summed E-state index contributed by atoms with van der Waals surface area (Å²) in [4.78, 5) is 41.9. The number of carbonyl (C=O) groups is 3. The molecule has 1 aromatic carbocycles. The van der Waals surface area contributed by atoms with Crippen LogP contribution in [0.15, 0.2) is 18.2 Å². The molecular weight excluding hydrogens is 375 g/mol. The van der Waals surface area contributed by atoms with Gasteiger partial charge >= 0.3 is 23.8 Å². The molecule has 11 heteroatoms. The van der Waals surface area contributed by atoms with Crippen molar-refractivity contribution in [1.82, 2.24) is 0 Å². The third-order valence-electron chi connectivity index (χ3n) is 4.35. The lowest BCUT2D eigenvalue weighted by atomic mass is 9.84. The van der Waals surface area contributed by atoms with Crippen LogP contribution in [-0.2, 0) is 30.1 Å².